The molecule has 1 aromatic rings. The van der Waals surface area contributed by atoms with E-state index in [0.29, 0.717) is 13.2 Å². The Kier molecular flexibility index (Phi) is 6.50. The molecule has 1 heterocycles. The SMILES string of the molecule is CC(C)NS(=O)(=O)c1cc(C(=O)NCC2CCCO2)c(Cl)cc1Cl. The van der Waals surface area contributed by atoms with E-state index in [1.54, 1.807) is 13.8 Å². The monoisotopic (exact) mass is 394 g/mol. The summed E-state index contributed by atoms with van der Waals surface area (Å²) < 4.78 is 32.5. The maximum absolute atomic E-state index is 12.3. The summed E-state index contributed by atoms with van der Waals surface area (Å²) in [4.78, 5) is 12.1. The molecule has 0 bridgehead atoms. The zero-order chi connectivity index (χ0) is 17.9. The minimum atomic E-state index is -3.84. The molecule has 1 saturated heterocycles. The Morgan fingerprint density at radius 1 is 1.33 bits per heavy atom. The smallest absolute Gasteiger partial charge is 0.252 e. The standard InChI is InChI=1S/C15H20Cl2N2O4S/c1-9(2)19-24(21,22)14-6-11(12(16)7-13(14)17)15(20)18-8-10-4-3-5-23-10/h6-7,9-10,19H,3-5,8H2,1-2H3,(H,18,20). The fourth-order valence-electron chi connectivity index (χ4n) is 2.39. The van der Waals surface area contributed by atoms with Crippen molar-refractivity contribution in [2.75, 3.05) is 13.2 Å². The molecular formula is C15H20Cl2N2O4S. The highest BCUT2D eigenvalue weighted by atomic mass is 35.5. The first-order chi connectivity index (χ1) is 11.2. The fourth-order valence-corrected chi connectivity index (χ4v) is 4.50. The first kappa shape index (κ1) is 19.5. The Hall–Kier alpha value is -0.860. The van der Waals surface area contributed by atoms with Crippen LogP contribution in [0.2, 0.25) is 10.0 Å². The average Bonchev–Trinajstić information content (AvgIpc) is 2.96. The van der Waals surface area contributed by atoms with Gasteiger partial charge in [0.05, 0.1) is 21.7 Å². The van der Waals surface area contributed by atoms with E-state index in [4.69, 9.17) is 27.9 Å². The van der Waals surface area contributed by atoms with Gasteiger partial charge < -0.3 is 10.1 Å². The van der Waals surface area contributed by atoms with Gasteiger partial charge in [-0.15, -0.1) is 0 Å². The number of sulfonamides is 1. The molecule has 2 rings (SSSR count). The van der Waals surface area contributed by atoms with E-state index in [0.717, 1.165) is 12.8 Å². The van der Waals surface area contributed by atoms with Crippen LogP contribution in [0.4, 0.5) is 0 Å². The Labute approximate surface area is 151 Å². The molecule has 1 aliphatic heterocycles. The van der Waals surface area contributed by atoms with Crippen molar-refractivity contribution >= 4 is 39.1 Å². The zero-order valence-corrected chi connectivity index (χ0v) is 15.8. The number of amides is 1. The van der Waals surface area contributed by atoms with E-state index >= 15 is 0 Å². The van der Waals surface area contributed by atoms with E-state index in [1.807, 2.05) is 0 Å². The summed E-state index contributed by atoms with van der Waals surface area (Å²) in [5.41, 5.74) is 0.0585. The molecule has 24 heavy (non-hydrogen) atoms. The molecule has 0 spiro atoms. The van der Waals surface area contributed by atoms with Crippen molar-refractivity contribution in [3.05, 3.63) is 27.7 Å². The van der Waals surface area contributed by atoms with Crippen LogP contribution in [-0.4, -0.2) is 39.6 Å². The van der Waals surface area contributed by atoms with Gasteiger partial charge in [-0.25, -0.2) is 13.1 Å². The van der Waals surface area contributed by atoms with Crippen molar-refractivity contribution in [1.82, 2.24) is 10.0 Å². The van der Waals surface area contributed by atoms with E-state index in [9.17, 15) is 13.2 Å². The van der Waals surface area contributed by atoms with E-state index in [2.05, 4.69) is 10.0 Å². The van der Waals surface area contributed by atoms with Crippen LogP contribution in [0.25, 0.3) is 0 Å². The van der Waals surface area contributed by atoms with Crippen LogP contribution in [0.15, 0.2) is 17.0 Å². The van der Waals surface area contributed by atoms with Gasteiger partial charge in [-0.1, -0.05) is 23.2 Å². The van der Waals surface area contributed by atoms with Gasteiger partial charge in [-0.2, -0.15) is 0 Å². The summed E-state index contributed by atoms with van der Waals surface area (Å²) in [6, 6.07) is 2.15. The Morgan fingerprint density at radius 2 is 2.04 bits per heavy atom. The lowest BCUT2D eigenvalue weighted by atomic mass is 10.2. The molecule has 2 N–H and O–H groups in total. The first-order valence-electron chi connectivity index (χ1n) is 7.62. The number of hydrogen-bond donors (Lipinski definition) is 2. The maximum Gasteiger partial charge on any atom is 0.252 e. The van der Waals surface area contributed by atoms with Gasteiger partial charge >= 0.3 is 0 Å². The second kappa shape index (κ2) is 8.01. The van der Waals surface area contributed by atoms with E-state index in [-0.39, 0.29) is 32.7 Å². The number of carbonyl (C=O) groups is 1. The Bertz CT molecular complexity index is 716. The molecule has 9 heteroatoms. The van der Waals surface area contributed by atoms with E-state index < -0.39 is 15.9 Å². The molecule has 1 aliphatic rings. The number of hydrogen-bond acceptors (Lipinski definition) is 4. The lowest BCUT2D eigenvalue weighted by Gasteiger charge is -2.14. The summed E-state index contributed by atoms with van der Waals surface area (Å²) in [6.07, 6.45) is 1.82. The molecule has 1 unspecified atom stereocenters. The third kappa shape index (κ3) is 4.83. The highest BCUT2D eigenvalue weighted by Crippen LogP contribution is 2.29. The topological polar surface area (TPSA) is 84.5 Å². The highest BCUT2D eigenvalue weighted by molar-refractivity contribution is 7.89. The van der Waals surface area contributed by atoms with Gasteiger partial charge in [0.1, 0.15) is 4.90 Å². The van der Waals surface area contributed by atoms with Gasteiger partial charge in [0.2, 0.25) is 10.0 Å². The van der Waals surface area contributed by atoms with Crippen molar-refractivity contribution in [1.29, 1.82) is 0 Å². The first-order valence-corrected chi connectivity index (χ1v) is 9.86. The van der Waals surface area contributed by atoms with Gasteiger partial charge in [0.15, 0.2) is 0 Å². The number of carbonyl (C=O) groups excluding carboxylic acids is 1. The molecule has 0 aliphatic carbocycles. The average molecular weight is 395 g/mol. The predicted octanol–water partition coefficient (Wildman–Crippen LogP) is 2.59. The second-order valence-electron chi connectivity index (χ2n) is 5.88. The van der Waals surface area contributed by atoms with Crippen molar-refractivity contribution < 1.29 is 17.9 Å². The zero-order valence-electron chi connectivity index (χ0n) is 13.4. The van der Waals surface area contributed by atoms with Gasteiger partial charge in [0.25, 0.3) is 5.91 Å². The van der Waals surface area contributed by atoms with Gasteiger partial charge in [-0.3, -0.25) is 4.79 Å². The molecule has 0 saturated carbocycles. The number of benzene rings is 1. The quantitative estimate of drug-likeness (QED) is 0.776. The largest absolute Gasteiger partial charge is 0.376 e. The lowest BCUT2D eigenvalue weighted by Crippen LogP contribution is -2.33. The van der Waals surface area contributed by atoms with Crippen LogP contribution < -0.4 is 10.0 Å². The van der Waals surface area contributed by atoms with Crippen molar-refractivity contribution in [2.45, 2.75) is 43.7 Å². The normalized spacial score (nSPS) is 18.1. The minimum absolute atomic E-state index is 0.0224. The van der Waals surface area contributed by atoms with Crippen LogP contribution in [0.3, 0.4) is 0 Å². The third-order valence-electron chi connectivity index (χ3n) is 3.46. The molecule has 6 nitrogen and oxygen atoms in total. The summed E-state index contributed by atoms with van der Waals surface area (Å²) >= 11 is 12.1. The Morgan fingerprint density at radius 3 is 2.62 bits per heavy atom. The van der Waals surface area contributed by atoms with Crippen LogP contribution in [0.1, 0.15) is 37.0 Å². The van der Waals surface area contributed by atoms with Crippen molar-refractivity contribution in [3.63, 3.8) is 0 Å². The van der Waals surface area contributed by atoms with Crippen LogP contribution in [-0.2, 0) is 14.8 Å². The molecule has 1 amide bonds. The second-order valence-corrected chi connectivity index (χ2v) is 8.38. The molecule has 1 fully saturated rings. The fraction of sp³-hybridized carbons (Fsp3) is 0.533. The summed E-state index contributed by atoms with van der Waals surface area (Å²) in [5, 5.41) is 2.77. The maximum atomic E-state index is 12.3. The number of nitrogens with one attached hydrogen (secondary N) is 2. The predicted molar refractivity (Wildman–Crippen MR) is 93.2 cm³/mol. The van der Waals surface area contributed by atoms with Gasteiger partial charge in [0, 0.05) is 19.2 Å². The number of halogens is 2. The highest BCUT2D eigenvalue weighted by Gasteiger charge is 2.24. The molecular weight excluding hydrogens is 375 g/mol. The summed E-state index contributed by atoms with van der Waals surface area (Å²) in [6.45, 7) is 4.42. The number of rotatable bonds is 6. The van der Waals surface area contributed by atoms with Crippen molar-refractivity contribution in [2.24, 2.45) is 0 Å². The minimum Gasteiger partial charge on any atom is -0.376 e. The molecule has 1 atom stereocenters. The number of ether oxygens (including phenoxy) is 1. The Balaban J connectivity index is 2.23. The third-order valence-corrected chi connectivity index (χ3v) is 5.90. The van der Waals surface area contributed by atoms with Crippen LogP contribution >= 0.6 is 23.2 Å². The summed E-state index contributed by atoms with van der Waals surface area (Å²) in [7, 11) is -3.84. The molecule has 1 aromatic carbocycles. The summed E-state index contributed by atoms with van der Waals surface area (Å²) in [5.74, 6) is -0.465. The molecule has 0 radical (unpaired) electrons. The van der Waals surface area contributed by atoms with Gasteiger partial charge in [-0.05, 0) is 38.8 Å². The van der Waals surface area contributed by atoms with Crippen molar-refractivity contribution in [3.8, 4) is 0 Å². The lowest BCUT2D eigenvalue weighted by molar-refractivity contribution is 0.0857. The van der Waals surface area contributed by atoms with Crippen LogP contribution in [0.5, 0.6) is 0 Å². The van der Waals surface area contributed by atoms with E-state index in [1.165, 1.54) is 12.1 Å². The van der Waals surface area contributed by atoms with Crippen LogP contribution in [0, 0.1) is 0 Å². The molecule has 0 aromatic heterocycles. The molecule has 134 valence electrons.